The van der Waals surface area contributed by atoms with Crippen LogP contribution in [0, 0.1) is 5.92 Å². The zero-order valence-electron chi connectivity index (χ0n) is 12.0. The number of ether oxygens (including phenoxy) is 1. The van der Waals surface area contributed by atoms with Crippen LogP contribution in [0.4, 0.5) is 5.69 Å². The van der Waals surface area contributed by atoms with Gasteiger partial charge in [-0.2, -0.15) is 0 Å². The number of aliphatic carboxylic acids is 1. The average Bonchev–Trinajstić information content (AvgIpc) is 2.70. The number of methoxy groups -OCH3 is 1. The van der Waals surface area contributed by atoms with Gasteiger partial charge in [-0.25, -0.2) is 0 Å². The molecule has 1 saturated carbocycles. The molecule has 1 atom stereocenters. The van der Waals surface area contributed by atoms with Gasteiger partial charge in [-0.05, 0) is 30.4 Å². The molecule has 0 heterocycles. The van der Waals surface area contributed by atoms with Crippen LogP contribution in [0.15, 0.2) is 18.2 Å². The molecule has 20 heavy (non-hydrogen) atoms. The summed E-state index contributed by atoms with van der Waals surface area (Å²) in [5.41, 5.74) is 7.25. The Balaban J connectivity index is 2.35. The molecule has 2 rings (SSSR count). The van der Waals surface area contributed by atoms with Crippen molar-refractivity contribution < 1.29 is 14.6 Å². The highest BCUT2D eigenvalue weighted by molar-refractivity contribution is 5.80. The number of carbonyl (C=O) groups is 1. The van der Waals surface area contributed by atoms with E-state index in [9.17, 15) is 9.90 Å². The van der Waals surface area contributed by atoms with Gasteiger partial charge in [0.25, 0.3) is 0 Å². The van der Waals surface area contributed by atoms with Gasteiger partial charge in [-0.15, -0.1) is 0 Å². The molecule has 110 valence electrons. The van der Waals surface area contributed by atoms with Gasteiger partial charge >= 0.3 is 5.97 Å². The second kappa shape index (κ2) is 6.64. The molecule has 1 aromatic rings. The van der Waals surface area contributed by atoms with Crippen LogP contribution in [0.5, 0.6) is 5.75 Å². The van der Waals surface area contributed by atoms with E-state index in [2.05, 4.69) is 0 Å². The fraction of sp³-hybridized carbons (Fsp3) is 0.562. The molecule has 0 radical (unpaired) electrons. The Hall–Kier alpha value is -1.71. The number of nitrogen functional groups attached to an aromatic ring is 1. The molecule has 1 fully saturated rings. The SMILES string of the molecule is COc1cccc(C(C(=O)O)C2CCCCCC2)c1N. The average molecular weight is 277 g/mol. The van der Waals surface area contributed by atoms with E-state index in [1.54, 1.807) is 13.2 Å². The van der Waals surface area contributed by atoms with Crippen LogP contribution in [0.2, 0.25) is 0 Å². The molecule has 0 spiro atoms. The first-order chi connectivity index (χ1) is 9.65. The number of benzene rings is 1. The maximum atomic E-state index is 11.8. The summed E-state index contributed by atoms with van der Waals surface area (Å²) in [6.07, 6.45) is 6.56. The zero-order chi connectivity index (χ0) is 14.5. The molecule has 0 aliphatic heterocycles. The van der Waals surface area contributed by atoms with Gasteiger partial charge in [0.15, 0.2) is 0 Å². The van der Waals surface area contributed by atoms with Gasteiger partial charge in [0.1, 0.15) is 5.75 Å². The molecule has 1 aliphatic rings. The van der Waals surface area contributed by atoms with Crippen molar-refractivity contribution in [3.05, 3.63) is 23.8 Å². The Morgan fingerprint density at radius 3 is 2.50 bits per heavy atom. The highest BCUT2D eigenvalue weighted by Gasteiger charge is 2.32. The molecule has 1 aromatic carbocycles. The van der Waals surface area contributed by atoms with Crippen molar-refractivity contribution in [3.63, 3.8) is 0 Å². The van der Waals surface area contributed by atoms with Crippen LogP contribution >= 0.6 is 0 Å². The summed E-state index contributed by atoms with van der Waals surface area (Å²) in [5.74, 6) is -0.577. The number of hydrogen-bond donors (Lipinski definition) is 2. The van der Waals surface area contributed by atoms with Crippen molar-refractivity contribution in [2.45, 2.75) is 44.4 Å². The van der Waals surface area contributed by atoms with Gasteiger partial charge in [-0.1, -0.05) is 37.8 Å². The fourth-order valence-electron chi connectivity index (χ4n) is 3.24. The van der Waals surface area contributed by atoms with Crippen molar-refractivity contribution in [2.75, 3.05) is 12.8 Å². The summed E-state index contributed by atoms with van der Waals surface area (Å²) in [6, 6.07) is 5.41. The van der Waals surface area contributed by atoms with Gasteiger partial charge in [0, 0.05) is 0 Å². The Morgan fingerprint density at radius 2 is 1.95 bits per heavy atom. The van der Waals surface area contributed by atoms with Gasteiger partial charge in [0.05, 0.1) is 18.7 Å². The number of para-hydroxylation sites is 1. The molecule has 0 aromatic heterocycles. The summed E-state index contributed by atoms with van der Waals surface area (Å²) in [5, 5.41) is 9.66. The second-order valence-corrected chi connectivity index (χ2v) is 5.53. The van der Waals surface area contributed by atoms with Crippen molar-refractivity contribution in [1.29, 1.82) is 0 Å². The van der Waals surface area contributed by atoms with E-state index in [-0.39, 0.29) is 5.92 Å². The number of anilines is 1. The van der Waals surface area contributed by atoms with Gasteiger partial charge in [-0.3, -0.25) is 4.79 Å². The first kappa shape index (κ1) is 14.7. The lowest BCUT2D eigenvalue weighted by Gasteiger charge is -2.24. The van der Waals surface area contributed by atoms with Crippen LogP contribution in [0.3, 0.4) is 0 Å². The Kier molecular flexibility index (Phi) is 4.88. The molecule has 4 nitrogen and oxygen atoms in total. The number of nitrogens with two attached hydrogens (primary N) is 1. The minimum atomic E-state index is -0.781. The maximum Gasteiger partial charge on any atom is 0.311 e. The number of carboxylic acids is 1. The van der Waals surface area contributed by atoms with Crippen LogP contribution < -0.4 is 10.5 Å². The lowest BCUT2D eigenvalue weighted by molar-refractivity contribution is -0.140. The smallest absolute Gasteiger partial charge is 0.311 e. The van der Waals surface area contributed by atoms with Gasteiger partial charge < -0.3 is 15.6 Å². The second-order valence-electron chi connectivity index (χ2n) is 5.53. The minimum Gasteiger partial charge on any atom is -0.495 e. The molecule has 0 amide bonds. The van der Waals surface area contributed by atoms with Crippen LogP contribution in [-0.2, 0) is 4.79 Å². The molecule has 0 saturated heterocycles. The van der Waals surface area contributed by atoms with E-state index < -0.39 is 11.9 Å². The molecule has 3 N–H and O–H groups in total. The molecular formula is C16H23NO3. The van der Waals surface area contributed by atoms with Crippen LogP contribution in [0.1, 0.15) is 50.0 Å². The first-order valence-corrected chi connectivity index (χ1v) is 7.30. The summed E-state index contributed by atoms with van der Waals surface area (Å²) < 4.78 is 5.21. The highest BCUT2D eigenvalue weighted by atomic mass is 16.5. The zero-order valence-corrected chi connectivity index (χ0v) is 12.0. The Labute approximate surface area is 119 Å². The first-order valence-electron chi connectivity index (χ1n) is 7.30. The minimum absolute atomic E-state index is 0.171. The fourth-order valence-corrected chi connectivity index (χ4v) is 3.24. The van der Waals surface area contributed by atoms with Crippen molar-refractivity contribution in [1.82, 2.24) is 0 Å². The molecular weight excluding hydrogens is 254 g/mol. The third-order valence-corrected chi connectivity index (χ3v) is 4.29. The standard InChI is InChI=1S/C16H23NO3/c1-20-13-10-6-9-12(15(13)17)14(16(18)19)11-7-4-2-3-5-8-11/h6,9-11,14H,2-5,7-8,17H2,1H3,(H,18,19). The van der Waals surface area contributed by atoms with E-state index in [1.165, 1.54) is 12.8 Å². The number of carboxylic acid groups (broad SMARTS) is 1. The number of hydrogen-bond acceptors (Lipinski definition) is 3. The normalized spacial score (nSPS) is 18.2. The summed E-state index contributed by atoms with van der Waals surface area (Å²) in [7, 11) is 1.55. The third kappa shape index (κ3) is 3.06. The molecule has 0 bridgehead atoms. The summed E-state index contributed by atoms with van der Waals surface area (Å²) >= 11 is 0. The third-order valence-electron chi connectivity index (χ3n) is 4.29. The summed E-state index contributed by atoms with van der Waals surface area (Å²) in [4.78, 5) is 11.8. The van der Waals surface area contributed by atoms with E-state index >= 15 is 0 Å². The van der Waals surface area contributed by atoms with Crippen molar-refractivity contribution in [2.24, 2.45) is 5.92 Å². The quantitative estimate of drug-likeness (QED) is 0.653. The van der Waals surface area contributed by atoms with Crippen molar-refractivity contribution in [3.8, 4) is 5.75 Å². The predicted molar refractivity (Wildman–Crippen MR) is 79.0 cm³/mol. The van der Waals surface area contributed by atoms with E-state index in [0.717, 1.165) is 25.7 Å². The monoisotopic (exact) mass is 277 g/mol. The van der Waals surface area contributed by atoms with Crippen molar-refractivity contribution >= 4 is 11.7 Å². The molecule has 1 unspecified atom stereocenters. The summed E-state index contributed by atoms with van der Waals surface area (Å²) in [6.45, 7) is 0. The molecule has 4 heteroatoms. The van der Waals surface area contributed by atoms with Crippen LogP contribution in [0.25, 0.3) is 0 Å². The van der Waals surface area contributed by atoms with Gasteiger partial charge in [0.2, 0.25) is 0 Å². The molecule has 1 aliphatic carbocycles. The highest BCUT2D eigenvalue weighted by Crippen LogP contribution is 2.40. The Morgan fingerprint density at radius 1 is 1.30 bits per heavy atom. The Bertz CT molecular complexity index is 465. The largest absolute Gasteiger partial charge is 0.495 e. The number of rotatable bonds is 4. The lowest BCUT2D eigenvalue weighted by atomic mass is 9.80. The maximum absolute atomic E-state index is 11.8. The lowest BCUT2D eigenvalue weighted by Crippen LogP contribution is -2.22. The topological polar surface area (TPSA) is 72.5 Å². The van der Waals surface area contributed by atoms with E-state index in [4.69, 9.17) is 10.5 Å². The van der Waals surface area contributed by atoms with E-state index in [0.29, 0.717) is 17.0 Å². The van der Waals surface area contributed by atoms with E-state index in [1.807, 2.05) is 12.1 Å². The van der Waals surface area contributed by atoms with Crippen LogP contribution in [-0.4, -0.2) is 18.2 Å². The predicted octanol–water partition coefficient (Wildman–Crippen LogP) is 3.42.